The maximum Gasteiger partial charge on any atom is 0.122 e. The number of aryl methyl sites for hydroxylation is 6. The molecule has 438 valence electrons. The molecule has 0 saturated carbocycles. The Kier molecular flexibility index (Phi) is 28.6. The number of nitrogens with zero attached hydrogens (tertiary/aromatic N) is 3. The van der Waals surface area contributed by atoms with Crippen LogP contribution in [0.3, 0.4) is 0 Å². The standard InChI is InChI=1S/3C22H29NO3S/c3*1-25-21-7-4-5-18(15-21)9-10-19-6-2-3-8-22(19)26-17-20(24)16-23-11-13-27-14-12-23/h3*2-8,15,20,24H,9-14,16-17H2,1H3/t2*20-;/m10./s1. The van der Waals surface area contributed by atoms with Crippen LogP contribution in [0.25, 0.3) is 0 Å². The molecule has 6 aromatic rings. The molecule has 9 rings (SSSR count). The van der Waals surface area contributed by atoms with Gasteiger partial charge in [0, 0.05) is 93.4 Å². The molecular formula is C66H87N3O9S3. The van der Waals surface area contributed by atoms with E-state index in [1.54, 1.807) is 21.3 Å². The van der Waals surface area contributed by atoms with Crippen molar-refractivity contribution in [1.82, 2.24) is 14.7 Å². The van der Waals surface area contributed by atoms with Crippen LogP contribution in [0.15, 0.2) is 146 Å². The zero-order valence-electron chi connectivity index (χ0n) is 47.9. The zero-order chi connectivity index (χ0) is 56.7. The molecule has 0 bridgehead atoms. The molecule has 1 unspecified atom stereocenters. The Hall–Kier alpha value is -5.07. The minimum absolute atomic E-state index is 0.333. The van der Waals surface area contributed by atoms with E-state index in [1.165, 1.54) is 33.4 Å². The highest BCUT2D eigenvalue weighted by Gasteiger charge is 2.19. The fraction of sp³-hybridized carbons (Fsp3) is 0.455. The van der Waals surface area contributed by atoms with E-state index in [0.29, 0.717) is 39.5 Å². The van der Waals surface area contributed by atoms with E-state index in [-0.39, 0.29) is 0 Å². The number of benzene rings is 6. The summed E-state index contributed by atoms with van der Waals surface area (Å²) in [5.41, 5.74) is 7.23. The second-order valence-electron chi connectivity index (χ2n) is 20.5. The molecule has 15 heteroatoms. The fourth-order valence-corrected chi connectivity index (χ4v) is 12.8. The third kappa shape index (κ3) is 23.6. The van der Waals surface area contributed by atoms with Crippen molar-refractivity contribution in [3.8, 4) is 34.5 Å². The number of methoxy groups -OCH3 is 3. The van der Waals surface area contributed by atoms with Crippen LogP contribution in [0, 0.1) is 0 Å². The minimum Gasteiger partial charge on any atom is -0.497 e. The predicted molar refractivity (Wildman–Crippen MR) is 336 cm³/mol. The van der Waals surface area contributed by atoms with Gasteiger partial charge in [-0.1, -0.05) is 91.0 Å². The highest BCUT2D eigenvalue weighted by atomic mass is 32.2. The molecule has 3 aliphatic rings. The van der Waals surface area contributed by atoms with Crippen LogP contribution in [-0.4, -0.2) is 183 Å². The molecule has 6 aromatic carbocycles. The van der Waals surface area contributed by atoms with E-state index in [0.717, 1.165) is 147 Å². The summed E-state index contributed by atoms with van der Waals surface area (Å²) in [5, 5.41) is 31.0. The van der Waals surface area contributed by atoms with E-state index in [1.807, 2.05) is 126 Å². The number of hydrogen-bond donors (Lipinski definition) is 3. The monoisotopic (exact) mass is 1160 g/mol. The number of ether oxygens (including phenoxy) is 6. The minimum atomic E-state index is -0.459. The Morgan fingerprint density at radius 3 is 0.901 bits per heavy atom. The van der Waals surface area contributed by atoms with Gasteiger partial charge in [0.1, 0.15) is 72.6 Å². The summed E-state index contributed by atoms with van der Waals surface area (Å²) < 4.78 is 33.8. The van der Waals surface area contributed by atoms with Gasteiger partial charge in [-0.25, -0.2) is 0 Å². The van der Waals surface area contributed by atoms with Crippen LogP contribution in [-0.2, 0) is 38.5 Å². The van der Waals surface area contributed by atoms with Gasteiger partial charge in [-0.15, -0.1) is 0 Å². The molecule has 12 nitrogen and oxygen atoms in total. The predicted octanol–water partition coefficient (Wildman–Crippen LogP) is 9.81. The molecule has 0 aromatic heterocycles. The number of para-hydroxylation sites is 3. The summed E-state index contributed by atoms with van der Waals surface area (Å²) >= 11 is 5.94. The lowest BCUT2D eigenvalue weighted by molar-refractivity contribution is 0.0711. The molecule has 3 fully saturated rings. The Labute approximate surface area is 495 Å². The van der Waals surface area contributed by atoms with E-state index in [2.05, 4.69) is 69.3 Å². The van der Waals surface area contributed by atoms with Crippen molar-refractivity contribution < 1.29 is 43.7 Å². The molecule has 0 spiro atoms. The molecule has 3 heterocycles. The van der Waals surface area contributed by atoms with Gasteiger partial charge in [-0.2, -0.15) is 35.3 Å². The molecule has 0 aliphatic carbocycles. The average Bonchev–Trinajstić information content (AvgIpc) is 3.52. The molecular weight excluding hydrogens is 1070 g/mol. The van der Waals surface area contributed by atoms with Crippen molar-refractivity contribution >= 4 is 35.3 Å². The number of β-amino-alcohol motifs (C(OH)–C–C–N with tert-alkyl or cyclic N) is 3. The largest absolute Gasteiger partial charge is 0.497 e. The fourth-order valence-electron chi connectivity index (χ4n) is 9.84. The van der Waals surface area contributed by atoms with Crippen molar-refractivity contribution in [2.24, 2.45) is 0 Å². The van der Waals surface area contributed by atoms with Crippen molar-refractivity contribution in [1.29, 1.82) is 0 Å². The number of hydrogen-bond acceptors (Lipinski definition) is 15. The molecule has 3 N–H and O–H groups in total. The van der Waals surface area contributed by atoms with E-state index < -0.39 is 18.3 Å². The SMILES string of the molecule is COc1cccc(CCc2ccccc2OCC(O)CN2CCSCC2)c1.COc1cccc(CCc2ccccc2OC[C@@H](O)CN2CCSCC2)c1.COc1cccc(CCc2ccccc2OC[C@H](O)CN2CCSCC2)c1. The molecule has 3 atom stereocenters. The highest BCUT2D eigenvalue weighted by Crippen LogP contribution is 2.26. The van der Waals surface area contributed by atoms with Gasteiger partial charge in [0.15, 0.2) is 0 Å². The second-order valence-corrected chi connectivity index (χ2v) is 24.2. The number of aliphatic hydroxyl groups is 3. The lowest BCUT2D eigenvalue weighted by atomic mass is 10.0. The summed E-state index contributed by atoms with van der Waals surface area (Å²) in [6, 6.07) is 48.9. The first kappa shape index (κ1) is 63.5. The maximum atomic E-state index is 10.3. The lowest BCUT2D eigenvalue weighted by Gasteiger charge is -2.28. The molecule has 3 aliphatic heterocycles. The summed E-state index contributed by atoms with van der Waals surface area (Å²) in [6.07, 6.45) is 4.07. The van der Waals surface area contributed by atoms with Gasteiger partial charge >= 0.3 is 0 Å². The zero-order valence-corrected chi connectivity index (χ0v) is 50.4. The molecule has 3 saturated heterocycles. The Morgan fingerprint density at radius 1 is 0.358 bits per heavy atom. The quantitative estimate of drug-likeness (QED) is 0.0453. The van der Waals surface area contributed by atoms with Crippen LogP contribution in [0.5, 0.6) is 34.5 Å². The first-order valence-corrected chi connectivity index (χ1v) is 32.1. The summed E-state index contributed by atoms with van der Waals surface area (Å²) in [4.78, 5) is 6.96. The summed E-state index contributed by atoms with van der Waals surface area (Å²) in [7, 11) is 5.07. The van der Waals surface area contributed by atoms with Gasteiger partial charge in [0.2, 0.25) is 0 Å². The van der Waals surface area contributed by atoms with Crippen LogP contribution in [0.1, 0.15) is 33.4 Å². The van der Waals surface area contributed by atoms with Crippen molar-refractivity contribution in [3.63, 3.8) is 0 Å². The van der Waals surface area contributed by atoms with Gasteiger partial charge in [-0.05, 0) is 127 Å². The van der Waals surface area contributed by atoms with E-state index in [9.17, 15) is 15.3 Å². The van der Waals surface area contributed by atoms with Crippen LogP contribution in [0.2, 0.25) is 0 Å². The first-order chi connectivity index (χ1) is 39.7. The highest BCUT2D eigenvalue weighted by molar-refractivity contribution is 7.99. The Bertz CT molecular complexity index is 2400. The van der Waals surface area contributed by atoms with Gasteiger partial charge in [0.05, 0.1) is 21.3 Å². The van der Waals surface area contributed by atoms with Crippen LogP contribution >= 0.6 is 35.3 Å². The maximum absolute atomic E-state index is 10.3. The Balaban J connectivity index is 0.000000175. The second kappa shape index (κ2) is 36.5. The van der Waals surface area contributed by atoms with E-state index in [4.69, 9.17) is 28.4 Å². The first-order valence-electron chi connectivity index (χ1n) is 28.7. The third-order valence-electron chi connectivity index (χ3n) is 14.4. The average molecular weight is 1160 g/mol. The normalized spacial score (nSPS) is 16.1. The van der Waals surface area contributed by atoms with Crippen LogP contribution in [0.4, 0.5) is 0 Å². The topological polar surface area (TPSA) is 126 Å². The van der Waals surface area contributed by atoms with Gasteiger partial charge < -0.3 is 43.7 Å². The smallest absolute Gasteiger partial charge is 0.122 e. The lowest BCUT2D eigenvalue weighted by Crippen LogP contribution is -2.40. The van der Waals surface area contributed by atoms with Gasteiger partial charge in [0.25, 0.3) is 0 Å². The summed E-state index contributed by atoms with van der Waals surface area (Å²) in [6.45, 7) is 9.39. The van der Waals surface area contributed by atoms with Gasteiger partial charge in [-0.3, -0.25) is 14.7 Å². The van der Waals surface area contributed by atoms with Crippen LogP contribution < -0.4 is 28.4 Å². The number of aliphatic hydroxyl groups excluding tert-OH is 3. The molecule has 0 radical (unpaired) electrons. The van der Waals surface area contributed by atoms with Crippen molar-refractivity contribution in [2.75, 3.05) is 135 Å². The number of rotatable bonds is 27. The Morgan fingerprint density at radius 2 is 0.630 bits per heavy atom. The summed E-state index contributed by atoms with van der Waals surface area (Å²) in [5.74, 6) is 12.2. The van der Waals surface area contributed by atoms with Crippen molar-refractivity contribution in [3.05, 3.63) is 179 Å². The molecule has 81 heavy (non-hydrogen) atoms. The molecule has 0 amide bonds. The van der Waals surface area contributed by atoms with Crippen molar-refractivity contribution in [2.45, 2.75) is 56.8 Å². The third-order valence-corrected chi connectivity index (χ3v) is 17.2. The number of thioether (sulfide) groups is 3. The van der Waals surface area contributed by atoms with E-state index >= 15 is 0 Å².